The number of phenolic OH excluding ortho intramolecular Hbond substituents is 1. The molecule has 1 aromatic carbocycles. The van der Waals surface area contributed by atoms with E-state index in [1.165, 1.54) is 30.4 Å². The summed E-state index contributed by atoms with van der Waals surface area (Å²) in [6, 6.07) is 4.15. The zero-order valence-electron chi connectivity index (χ0n) is 16.0. The molecular formula is C22H32O2. The van der Waals surface area contributed by atoms with E-state index in [0.29, 0.717) is 11.2 Å². The van der Waals surface area contributed by atoms with Crippen LogP contribution in [0.1, 0.15) is 83.6 Å². The van der Waals surface area contributed by atoms with Gasteiger partial charge in [-0.25, -0.2) is 0 Å². The average Bonchev–Trinajstić information content (AvgIpc) is 2.83. The Balaban J connectivity index is 1.99. The van der Waals surface area contributed by atoms with Crippen LogP contribution < -0.4 is 0 Å². The second kappa shape index (κ2) is 6.13. The van der Waals surface area contributed by atoms with Gasteiger partial charge in [-0.15, -0.1) is 0 Å². The number of fused-ring (bicyclic) bond motifs is 3. The lowest BCUT2D eigenvalue weighted by Crippen LogP contribution is -2.21. The monoisotopic (exact) mass is 328 g/mol. The molecule has 0 radical (unpaired) electrons. The highest BCUT2D eigenvalue weighted by atomic mass is 16.3. The minimum Gasteiger partial charge on any atom is -0.507 e. The Labute approximate surface area is 146 Å². The summed E-state index contributed by atoms with van der Waals surface area (Å²) >= 11 is 0. The van der Waals surface area contributed by atoms with E-state index in [1.807, 2.05) is 6.07 Å². The topological polar surface area (TPSA) is 33.4 Å². The molecule has 1 aliphatic rings. The van der Waals surface area contributed by atoms with Crippen LogP contribution in [0.2, 0.25) is 0 Å². The fourth-order valence-electron chi connectivity index (χ4n) is 4.06. The van der Waals surface area contributed by atoms with Crippen molar-refractivity contribution in [3.63, 3.8) is 0 Å². The Kier molecular flexibility index (Phi) is 4.44. The van der Waals surface area contributed by atoms with Crippen LogP contribution in [0.5, 0.6) is 5.75 Å². The van der Waals surface area contributed by atoms with Crippen molar-refractivity contribution in [2.75, 3.05) is 0 Å². The Hall–Kier alpha value is -1.44. The van der Waals surface area contributed by atoms with Crippen molar-refractivity contribution in [1.29, 1.82) is 0 Å². The van der Waals surface area contributed by atoms with Crippen LogP contribution >= 0.6 is 0 Å². The Morgan fingerprint density at radius 2 is 1.96 bits per heavy atom. The molecule has 2 aromatic rings. The van der Waals surface area contributed by atoms with E-state index >= 15 is 0 Å². The summed E-state index contributed by atoms with van der Waals surface area (Å²) in [6.07, 6.45) is 7.99. The van der Waals surface area contributed by atoms with Gasteiger partial charge < -0.3 is 9.52 Å². The summed E-state index contributed by atoms with van der Waals surface area (Å²) in [6.45, 7) is 11.4. The van der Waals surface area contributed by atoms with E-state index in [2.05, 4.69) is 40.7 Å². The molecule has 3 rings (SSSR count). The summed E-state index contributed by atoms with van der Waals surface area (Å²) in [5.41, 5.74) is 3.65. The minimum absolute atomic E-state index is 0.0629. The van der Waals surface area contributed by atoms with Gasteiger partial charge in [0, 0.05) is 12.0 Å². The van der Waals surface area contributed by atoms with Gasteiger partial charge in [0.05, 0.1) is 5.39 Å². The number of hydrogen-bond acceptors (Lipinski definition) is 2. The third-order valence-corrected chi connectivity index (χ3v) is 5.83. The number of aromatic hydroxyl groups is 1. The van der Waals surface area contributed by atoms with Crippen molar-refractivity contribution in [1.82, 2.24) is 0 Å². The van der Waals surface area contributed by atoms with Crippen LogP contribution in [0, 0.1) is 5.41 Å². The van der Waals surface area contributed by atoms with Gasteiger partial charge in [0.25, 0.3) is 0 Å². The fourth-order valence-corrected chi connectivity index (χ4v) is 4.06. The van der Waals surface area contributed by atoms with Gasteiger partial charge >= 0.3 is 0 Å². The predicted octanol–water partition coefficient (Wildman–Crippen LogP) is 6.51. The van der Waals surface area contributed by atoms with Crippen LogP contribution in [0.3, 0.4) is 0 Å². The van der Waals surface area contributed by atoms with E-state index in [4.69, 9.17) is 4.42 Å². The summed E-state index contributed by atoms with van der Waals surface area (Å²) < 4.78 is 6.21. The Morgan fingerprint density at radius 1 is 1.21 bits per heavy atom. The maximum absolute atomic E-state index is 10.7. The van der Waals surface area contributed by atoms with E-state index in [9.17, 15) is 5.11 Å². The van der Waals surface area contributed by atoms with Crippen molar-refractivity contribution in [3.8, 4) is 5.75 Å². The summed E-state index contributed by atoms with van der Waals surface area (Å²) in [5, 5.41) is 11.7. The molecule has 0 amide bonds. The van der Waals surface area contributed by atoms with Crippen molar-refractivity contribution in [2.45, 2.75) is 85.0 Å². The van der Waals surface area contributed by atoms with E-state index in [0.717, 1.165) is 42.4 Å². The van der Waals surface area contributed by atoms with Crippen molar-refractivity contribution in [3.05, 3.63) is 29.0 Å². The number of furan rings is 1. The van der Waals surface area contributed by atoms with Gasteiger partial charge in [-0.2, -0.15) is 0 Å². The molecule has 0 saturated carbocycles. The number of rotatable bonds is 5. The molecule has 0 atom stereocenters. The van der Waals surface area contributed by atoms with Gasteiger partial charge in [0.2, 0.25) is 0 Å². The van der Waals surface area contributed by atoms with Gasteiger partial charge in [0.1, 0.15) is 17.1 Å². The standard InChI is InChI=1S/C22H32O2/c1-6-7-8-10-22(4,5)15-12-17(23)20-16-9-11-21(2,3)14-19(16)24-18(20)13-15/h12-13,23H,6-11,14H2,1-5H3. The Morgan fingerprint density at radius 3 is 2.67 bits per heavy atom. The Bertz CT molecular complexity index is 734. The molecule has 1 N–H and O–H groups in total. The number of unbranched alkanes of at least 4 members (excludes halogenated alkanes) is 2. The van der Waals surface area contributed by atoms with E-state index < -0.39 is 0 Å². The molecule has 1 aliphatic carbocycles. The first kappa shape index (κ1) is 17.4. The third kappa shape index (κ3) is 3.20. The van der Waals surface area contributed by atoms with Gasteiger partial charge in [-0.3, -0.25) is 0 Å². The molecule has 0 fully saturated rings. The normalized spacial score (nSPS) is 17.2. The number of phenols is 1. The highest BCUT2D eigenvalue weighted by Gasteiger charge is 2.31. The van der Waals surface area contributed by atoms with Crippen LogP contribution in [-0.4, -0.2) is 5.11 Å². The lowest BCUT2D eigenvalue weighted by atomic mass is 9.76. The molecule has 0 spiro atoms. The van der Waals surface area contributed by atoms with Gasteiger partial charge in [0.15, 0.2) is 0 Å². The zero-order chi connectivity index (χ0) is 17.5. The minimum atomic E-state index is 0.0629. The first-order valence-electron chi connectivity index (χ1n) is 9.51. The molecule has 1 heterocycles. The second-order valence-corrected chi connectivity index (χ2v) is 9.05. The summed E-state index contributed by atoms with van der Waals surface area (Å²) in [4.78, 5) is 0. The maximum Gasteiger partial charge on any atom is 0.138 e. The SMILES string of the molecule is CCCCCC(C)(C)c1cc(O)c2c3c(oc2c1)CC(C)(C)CC3. The van der Waals surface area contributed by atoms with E-state index in [-0.39, 0.29) is 5.41 Å². The van der Waals surface area contributed by atoms with Crippen LogP contribution in [-0.2, 0) is 18.3 Å². The van der Waals surface area contributed by atoms with Crippen molar-refractivity contribution >= 4 is 11.0 Å². The number of hydrogen-bond donors (Lipinski definition) is 1. The molecular weight excluding hydrogens is 296 g/mol. The molecule has 2 nitrogen and oxygen atoms in total. The molecule has 0 aliphatic heterocycles. The predicted molar refractivity (Wildman–Crippen MR) is 101 cm³/mol. The molecule has 0 bridgehead atoms. The van der Waals surface area contributed by atoms with Gasteiger partial charge in [-0.05, 0) is 47.8 Å². The fraction of sp³-hybridized carbons (Fsp3) is 0.636. The lowest BCUT2D eigenvalue weighted by Gasteiger charge is -2.28. The van der Waals surface area contributed by atoms with Crippen LogP contribution in [0.15, 0.2) is 16.5 Å². The lowest BCUT2D eigenvalue weighted by molar-refractivity contribution is 0.287. The molecule has 1 aromatic heterocycles. The largest absolute Gasteiger partial charge is 0.507 e. The van der Waals surface area contributed by atoms with Crippen molar-refractivity contribution in [2.24, 2.45) is 5.41 Å². The molecule has 24 heavy (non-hydrogen) atoms. The number of aryl methyl sites for hydroxylation is 1. The molecule has 132 valence electrons. The van der Waals surface area contributed by atoms with Crippen LogP contribution in [0.25, 0.3) is 11.0 Å². The third-order valence-electron chi connectivity index (χ3n) is 5.83. The average molecular weight is 328 g/mol. The smallest absolute Gasteiger partial charge is 0.138 e. The first-order chi connectivity index (χ1) is 11.2. The number of benzene rings is 1. The molecule has 0 saturated heterocycles. The quantitative estimate of drug-likeness (QED) is 0.634. The molecule has 0 unspecified atom stereocenters. The first-order valence-corrected chi connectivity index (χ1v) is 9.51. The highest BCUT2D eigenvalue weighted by molar-refractivity contribution is 5.89. The zero-order valence-corrected chi connectivity index (χ0v) is 16.0. The second-order valence-electron chi connectivity index (χ2n) is 9.05. The summed E-state index contributed by atoms with van der Waals surface area (Å²) in [7, 11) is 0. The van der Waals surface area contributed by atoms with Crippen LogP contribution in [0.4, 0.5) is 0 Å². The van der Waals surface area contributed by atoms with E-state index in [1.54, 1.807) is 0 Å². The molecule has 2 heteroatoms. The highest BCUT2D eigenvalue weighted by Crippen LogP contribution is 2.44. The maximum atomic E-state index is 10.7. The van der Waals surface area contributed by atoms with Crippen molar-refractivity contribution < 1.29 is 9.52 Å². The van der Waals surface area contributed by atoms with Gasteiger partial charge in [-0.1, -0.05) is 53.9 Å². The summed E-state index contributed by atoms with van der Waals surface area (Å²) in [5.74, 6) is 1.48.